The molecule has 3 aliphatic rings. The van der Waals surface area contributed by atoms with E-state index in [9.17, 15) is 33.5 Å². The Bertz CT molecular complexity index is 2600. The van der Waals surface area contributed by atoms with Gasteiger partial charge in [0, 0.05) is 25.1 Å². The van der Waals surface area contributed by atoms with E-state index < -0.39 is 94.2 Å². The highest BCUT2D eigenvalue weighted by molar-refractivity contribution is 8.54. The van der Waals surface area contributed by atoms with Gasteiger partial charge >= 0.3 is 26.3 Å². The third kappa shape index (κ3) is 8.67. The normalized spacial score (nSPS) is 30.9. The summed E-state index contributed by atoms with van der Waals surface area (Å²) >= 11 is 0.666. The number of benzene rings is 2. The molecule has 3 saturated heterocycles. The molecule has 22 nitrogen and oxygen atoms in total. The second kappa shape index (κ2) is 16.9. The number of hydrogen-bond acceptors (Lipinski definition) is 19. The number of halogens is 1. The van der Waals surface area contributed by atoms with Crippen LogP contribution in [0.25, 0.3) is 11.2 Å². The molecule has 3 aromatic heterocycles. The number of phosphoric acid groups is 1. The summed E-state index contributed by atoms with van der Waals surface area (Å²) in [6, 6.07) is 12.7. The molecular formula is C34H34FN7O15P2S. The molecular weight excluding hydrogens is 859 g/mol. The van der Waals surface area contributed by atoms with Crippen LogP contribution in [0.1, 0.15) is 28.4 Å². The molecule has 2 aromatic carbocycles. The summed E-state index contributed by atoms with van der Waals surface area (Å²) in [5.41, 5.74) is 5.20. The molecule has 6 heterocycles. The molecule has 0 aliphatic carbocycles. The summed E-state index contributed by atoms with van der Waals surface area (Å²) in [5, 5.41) is 9.52. The van der Waals surface area contributed by atoms with Gasteiger partial charge in [-0.05, 0) is 53.3 Å². The third-order valence-electron chi connectivity index (χ3n) is 9.54. The van der Waals surface area contributed by atoms with Crippen LogP contribution in [0.5, 0.6) is 11.5 Å². The number of phenolic OH excluding ortho intramolecular Hbond substituents is 1. The van der Waals surface area contributed by atoms with Crippen molar-refractivity contribution in [3.63, 3.8) is 0 Å². The molecule has 26 heteroatoms. The zero-order valence-corrected chi connectivity index (χ0v) is 33.5. The molecule has 0 amide bonds. The van der Waals surface area contributed by atoms with Gasteiger partial charge < -0.3 is 34.7 Å². The van der Waals surface area contributed by atoms with Gasteiger partial charge in [0.2, 0.25) is 0 Å². The van der Waals surface area contributed by atoms with Crippen molar-refractivity contribution in [2.45, 2.75) is 54.9 Å². The molecule has 5 aromatic rings. The highest BCUT2D eigenvalue weighted by Crippen LogP contribution is 2.65. The van der Waals surface area contributed by atoms with Crippen LogP contribution in [0.2, 0.25) is 0 Å². The first-order valence-corrected chi connectivity index (χ1v) is 22.4. The Morgan fingerprint density at radius 3 is 2.42 bits per heavy atom. The van der Waals surface area contributed by atoms with Crippen molar-refractivity contribution in [3.8, 4) is 11.5 Å². The molecule has 0 spiro atoms. The largest absolute Gasteiger partial charge is 0.508 e. The summed E-state index contributed by atoms with van der Waals surface area (Å²) in [7, 11) is -3.94. The average Bonchev–Trinajstić information content (AvgIpc) is 3.89. The zero-order valence-electron chi connectivity index (χ0n) is 30.9. The van der Waals surface area contributed by atoms with Crippen molar-refractivity contribution in [2.75, 3.05) is 26.1 Å². The van der Waals surface area contributed by atoms with Crippen LogP contribution in [0.4, 0.5) is 10.2 Å². The number of carbonyl (C=O) groups excluding carboxylic acids is 1. The molecule has 10 atom stereocenters. The van der Waals surface area contributed by atoms with Gasteiger partial charge in [0.1, 0.15) is 53.9 Å². The standard InChI is InChI=1S/C34H34FN7O15P2S/c1-50-26-22-13-51-58(47,48)56-27-24(35)21(54-31(27)42-16-39-25-29(36)37-15-38-30(25)42)12-52-59(49,57-28(26)32(55-22)41-11-10-23(44)40-34(41)46)60-14-17-2-8-20(9-3-17)53-33(45)18-4-6-19(43)7-5-18/h2-11,15-16,21-22,24,26-28,31-32,43H,12-14H2,1H3,(H,47,48)(H2,36,37,38)(H,40,44,46)/t21-,22-,24-,26-,27-,28-,31-,32-,59?/m1/s1. The summed E-state index contributed by atoms with van der Waals surface area (Å²) in [6.45, 7) is -6.10. The van der Waals surface area contributed by atoms with E-state index in [2.05, 4.69) is 19.9 Å². The van der Waals surface area contributed by atoms with Crippen LogP contribution in [-0.2, 0) is 47.2 Å². The number of phenols is 1. The second-order valence-corrected chi connectivity index (χ2v) is 18.8. The molecule has 5 N–H and O–H groups in total. The van der Waals surface area contributed by atoms with E-state index in [1.54, 1.807) is 12.1 Å². The lowest BCUT2D eigenvalue weighted by atomic mass is 10.1. The fourth-order valence-electron chi connectivity index (χ4n) is 6.65. The number of carbonyl (C=O) groups is 1. The number of nitrogens with zero attached hydrogens (tertiary/aromatic N) is 5. The van der Waals surface area contributed by atoms with Gasteiger partial charge in [0.25, 0.3) is 5.56 Å². The number of phosphoric ester groups is 1. The van der Waals surface area contributed by atoms with Crippen molar-refractivity contribution in [1.29, 1.82) is 0 Å². The lowest BCUT2D eigenvalue weighted by Crippen LogP contribution is -2.40. The highest BCUT2D eigenvalue weighted by atomic mass is 32.7. The molecule has 3 aliphatic heterocycles. The lowest BCUT2D eigenvalue weighted by Gasteiger charge is -2.29. The average molecular weight is 894 g/mol. The topological polar surface area (TPSA) is 290 Å². The van der Waals surface area contributed by atoms with E-state index in [1.165, 1.54) is 54.4 Å². The van der Waals surface area contributed by atoms with Crippen LogP contribution in [-0.4, -0.2) is 102 Å². The fourth-order valence-corrected chi connectivity index (χ4v) is 10.9. The van der Waals surface area contributed by atoms with E-state index in [1.807, 2.05) is 0 Å². The number of methoxy groups -OCH3 is 1. The number of aromatic hydroxyl groups is 1. The van der Waals surface area contributed by atoms with Crippen LogP contribution in [0.3, 0.4) is 0 Å². The maximum atomic E-state index is 16.5. The summed E-state index contributed by atoms with van der Waals surface area (Å²) < 4.78 is 93.0. The number of esters is 1. The highest BCUT2D eigenvalue weighted by Gasteiger charge is 2.55. The number of imidazole rings is 1. The third-order valence-corrected chi connectivity index (χ3v) is 14.2. The quantitative estimate of drug-likeness (QED) is 0.0989. The van der Waals surface area contributed by atoms with Crippen molar-refractivity contribution in [1.82, 2.24) is 29.1 Å². The summed E-state index contributed by atoms with van der Waals surface area (Å²) in [6.07, 6.45) is -9.40. The van der Waals surface area contributed by atoms with Gasteiger partial charge in [-0.25, -0.2) is 38.1 Å². The predicted molar refractivity (Wildman–Crippen MR) is 204 cm³/mol. The zero-order chi connectivity index (χ0) is 42.3. The van der Waals surface area contributed by atoms with Gasteiger partial charge in [-0.15, -0.1) is 0 Å². The van der Waals surface area contributed by atoms with Crippen LogP contribution >= 0.6 is 26.0 Å². The Hall–Kier alpha value is -4.84. The SMILES string of the molecule is CO[C@H]1[C@H]2OP(=O)(SCc3ccc(OC(=O)c4ccc(O)cc4)cc3)OC[C@H]3O[C@@H](n4cnc5c(N)ncnc54)[C@H](OP(=O)(O)OC[C@H]1O[C@H]2n1ccc(=O)[nH]c1=O)[C@@H]3F. The maximum absolute atomic E-state index is 16.5. The first-order valence-electron chi connectivity index (χ1n) is 17.8. The monoisotopic (exact) mass is 893 g/mol. The molecule has 8 rings (SSSR count). The Labute approximate surface area is 340 Å². The van der Waals surface area contributed by atoms with E-state index in [4.69, 9.17) is 42.8 Å². The molecule has 60 heavy (non-hydrogen) atoms. The number of fused-ring (bicyclic) bond motifs is 5. The molecule has 318 valence electrons. The van der Waals surface area contributed by atoms with Gasteiger partial charge in [-0.2, -0.15) is 0 Å². The maximum Gasteiger partial charge on any atom is 0.472 e. The minimum atomic E-state index is -5.17. The first kappa shape index (κ1) is 41.9. The minimum absolute atomic E-state index is 0.00882. The molecule has 0 saturated carbocycles. The van der Waals surface area contributed by atoms with Crippen LogP contribution in [0, 0.1) is 0 Å². The summed E-state index contributed by atoms with van der Waals surface area (Å²) in [5.74, 6) is -0.598. The molecule has 3 fully saturated rings. The van der Waals surface area contributed by atoms with Crippen LogP contribution < -0.4 is 21.7 Å². The Morgan fingerprint density at radius 2 is 1.68 bits per heavy atom. The van der Waals surface area contributed by atoms with Gasteiger partial charge in [-0.3, -0.25) is 37.0 Å². The fraction of sp³-hybridized carbons (Fsp3) is 0.353. The van der Waals surface area contributed by atoms with Crippen LogP contribution in [0.15, 0.2) is 83.0 Å². The van der Waals surface area contributed by atoms with Gasteiger partial charge in [0.05, 0.1) is 25.1 Å². The number of ether oxygens (including phenoxy) is 4. The number of hydrogen-bond donors (Lipinski definition) is 4. The minimum Gasteiger partial charge on any atom is -0.508 e. The Balaban J connectivity index is 1.10. The number of rotatable bonds is 8. The number of aromatic nitrogens is 6. The van der Waals surface area contributed by atoms with E-state index >= 15 is 4.39 Å². The Kier molecular flexibility index (Phi) is 11.8. The first-order chi connectivity index (χ1) is 28.7. The number of nitrogens with two attached hydrogens (primary N) is 1. The summed E-state index contributed by atoms with van der Waals surface area (Å²) in [4.78, 5) is 62.7. The molecule has 4 bridgehead atoms. The smallest absolute Gasteiger partial charge is 0.472 e. The van der Waals surface area contributed by atoms with Crippen molar-refractivity contribution >= 4 is 49.0 Å². The molecule has 2 unspecified atom stereocenters. The number of nitrogens with one attached hydrogen (secondary N) is 1. The van der Waals surface area contributed by atoms with Gasteiger partial charge in [0.15, 0.2) is 30.1 Å². The van der Waals surface area contributed by atoms with E-state index in [0.29, 0.717) is 16.9 Å². The predicted octanol–water partition coefficient (Wildman–Crippen LogP) is 2.99. The number of nitrogen functional groups attached to an aromatic ring is 1. The number of aromatic amines is 1. The number of H-pyrrole nitrogens is 1. The lowest BCUT2D eigenvalue weighted by molar-refractivity contribution is -0.0669. The van der Waals surface area contributed by atoms with Crippen molar-refractivity contribution in [2.24, 2.45) is 0 Å². The Morgan fingerprint density at radius 1 is 0.967 bits per heavy atom. The van der Waals surface area contributed by atoms with Crippen molar-refractivity contribution in [3.05, 3.63) is 105 Å². The van der Waals surface area contributed by atoms with E-state index in [0.717, 1.165) is 23.2 Å². The number of alkyl halides is 1. The second-order valence-electron chi connectivity index (χ2n) is 13.4. The molecule has 0 radical (unpaired) electrons. The number of anilines is 1. The van der Waals surface area contributed by atoms with Gasteiger partial charge in [-0.1, -0.05) is 12.1 Å². The van der Waals surface area contributed by atoms with Crippen molar-refractivity contribution < 1.29 is 65.4 Å². The van der Waals surface area contributed by atoms with E-state index in [-0.39, 0.29) is 39.8 Å².